The molecule has 19 heavy (non-hydrogen) atoms. The van der Waals surface area contributed by atoms with Crippen LogP contribution < -0.4 is 5.32 Å². The Labute approximate surface area is 116 Å². The van der Waals surface area contributed by atoms with Gasteiger partial charge in [-0.25, -0.2) is 4.79 Å². The third kappa shape index (κ3) is 3.28. The molecule has 0 aliphatic carbocycles. The number of carbonyl (C=O) groups is 2. The SMILES string of the molecule is CCCc1nnsc1C(=O)NC(CC)(CC)C(=O)O. The summed E-state index contributed by atoms with van der Waals surface area (Å²) in [6.07, 6.45) is 2.19. The van der Waals surface area contributed by atoms with Crippen molar-refractivity contribution in [2.24, 2.45) is 0 Å². The van der Waals surface area contributed by atoms with Gasteiger partial charge in [0.25, 0.3) is 5.91 Å². The van der Waals surface area contributed by atoms with Crippen molar-refractivity contribution < 1.29 is 14.7 Å². The summed E-state index contributed by atoms with van der Waals surface area (Å²) in [5, 5.41) is 15.8. The number of hydrogen-bond acceptors (Lipinski definition) is 5. The van der Waals surface area contributed by atoms with Crippen molar-refractivity contribution in [1.29, 1.82) is 0 Å². The van der Waals surface area contributed by atoms with Gasteiger partial charge < -0.3 is 10.4 Å². The van der Waals surface area contributed by atoms with Crippen LogP contribution in [0.1, 0.15) is 55.4 Å². The molecule has 0 aliphatic heterocycles. The van der Waals surface area contributed by atoms with E-state index in [1.807, 2.05) is 6.92 Å². The third-order valence-corrected chi connectivity index (χ3v) is 3.98. The van der Waals surface area contributed by atoms with Crippen LogP contribution in [0.3, 0.4) is 0 Å². The maximum atomic E-state index is 12.2. The van der Waals surface area contributed by atoms with Gasteiger partial charge in [0.05, 0.1) is 5.69 Å². The fourth-order valence-corrected chi connectivity index (χ4v) is 2.44. The topological polar surface area (TPSA) is 92.2 Å². The highest BCUT2D eigenvalue weighted by atomic mass is 32.1. The standard InChI is InChI=1S/C12H19N3O3S/c1-4-7-8-9(19-15-14-8)10(16)13-12(5-2,6-3)11(17)18/h4-7H2,1-3H3,(H,13,16)(H,17,18). The maximum Gasteiger partial charge on any atom is 0.329 e. The zero-order valence-corrected chi connectivity index (χ0v) is 12.2. The van der Waals surface area contributed by atoms with Gasteiger partial charge in [-0.2, -0.15) is 0 Å². The zero-order valence-electron chi connectivity index (χ0n) is 11.4. The van der Waals surface area contributed by atoms with Crippen molar-refractivity contribution in [2.45, 2.75) is 52.0 Å². The molecule has 1 aromatic heterocycles. The van der Waals surface area contributed by atoms with Crippen molar-refractivity contribution >= 4 is 23.4 Å². The fraction of sp³-hybridized carbons (Fsp3) is 0.667. The van der Waals surface area contributed by atoms with Crippen LogP contribution in [0.5, 0.6) is 0 Å². The molecule has 1 rings (SSSR count). The zero-order chi connectivity index (χ0) is 14.5. The predicted molar refractivity (Wildman–Crippen MR) is 72.3 cm³/mol. The minimum absolute atomic E-state index is 0.333. The van der Waals surface area contributed by atoms with Gasteiger partial charge in [-0.1, -0.05) is 31.7 Å². The Morgan fingerprint density at radius 2 is 1.95 bits per heavy atom. The molecule has 0 saturated carbocycles. The number of aliphatic carboxylic acids is 1. The average molecular weight is 285 g/mol. The Balaban J connectivity index is 2.94. The molecule has 7 heteroatoms. The lowest BCUT2D eigenvalue weighted by molar-refractivity contribution is -0.144. The van der Waals surface area contributed by atoms with Gasteiger partial charge in [0.2, 0.25) is 0 Å². The number of amides is 1. The number of carbonyl (C=O) groups excluding carboxylic acids is 1. The summed E-state index contributed by atoms with van der Waals surface area (Å²) in [6.45, 7) is 5.48. The van der Waals surface area contributed by atoms with E-state index in [9.17, 15) is 14.7 Å². The van der Waals surface area contributed by atoms with Crippen molar-refractivity contribution in [1.82, 2.24) is 14.9 Å². The number of nitrogens with one attached hydrogen (secondary N) is 1. The first-order valence-electron chi connectivity index (χ1n) is 6.37. The van der Waals surface area contributed by atoms with Gasteiger partial charge >= 0.3 is 5.97 Å². The lowest BCUT2D eigenvalue weighted by Crippen LogP contribution is -2.53. The van der Waals surface area contributed by atoms with Gasteiger partial charge in [0.1, 0.15) is 10.4 Å². The molecule has 2 N–H and O–H groups in total. The van der Waals surface area contributed by atoms with Crippen LogP contribution in [0.2, 0.25) is 0 Å². The quantitative estimate of drug-likeness (QED) is 0.797. The lowest BCUT2D eigenvalue weighted by Gasteiger charge is -2.27. The highest BCUT2D eigenvalue weighted by Gasteiger charge is 2.37. The number of aryl methyl sites for hydroxylation is 1. The molecule has 1 heterocycles. The lowest BCUT2D eigenvalue weighted by atomic mass is 9.93. The second-order valence-corrected chi connectivity index (χ2v) is 5.10. The van der Waals surface area contributed by atoms with E-state index in [0.717, 1.165) is 18.0 Å². The molecular formula is C12H19N3O3S. The van der Waals surface area contributed by atoms with E-state index in [1.165, 1.54) is 0 Å². The highest BCUT2D eigenvalue weighted by Crippen LogP contribution is 2.19. The average Bonchev–Trinajstić information content (AvgIpc) is 2.84. The minimum atomic E-state index is -1.22. The van der Waals surface area contributed by atoms with E-state index in [-0.39, 0.29) is 0 Å². The monoisotopic (exact) mass is 285 g/mol. The second kappa shape index (κ2) is 6.60. The Morgan fingerprint density at radius 1 is 1.32 bits per heavy atom. The molecule has 0 aromatic carbocycles. The molecule has 0 spiro atoms. The van der Waals surface area contributed by atoms with E-state index < -0.39 is 17.4 Å². The van der Waals surface area contributed by atoms with Crippen LogP contribution in [0.4, 0.5) is 0 Å². The molecule has 0 radical (unpaired) electrons. The summed E-state index contributed by atoms with van der Waals surface area (Å²) in [6, 6.07) is 0. The highest BCUT2D eigenvalue weighted by molar-refractivity contribution is 7.08. The van der Waals surface area contributed by atoms with Crippen molar-refractivity contribution in [3.8, 4) is 0 Å². The van der Waals surface area contributed by atoms with E-state index in [4.69, 9.17) is 0 Å². The van der Waals surface area contributed by atoms with E-state index in [2.05, 4.69) is 14.9 Å². The molecule has 0 saturated heterocycles. The van der Waals surface area contributed by atoms with Crippen molar-refractivity contribution in [3.63, 3.8) is 0 Å². The summed E-state index contributed by atoms with van der Waals surface area (Å²) in [4.78, 5) is 24.0. The number of rotatable bonds is 7. The Morgan fingerprint density at radius 3 is 2.42 bits per heavy atom. The minimum Gasteiger partial charge on any atom is -0.480 e. The van der Waals surface area contributed by atoms with Crippen LogP contribution in [0.25, 0.3) is 0 Å². The summed E-state index contributed by atoms with van der Waals surface area (Å²) >= 11 is 1.00. The van der Waals surface area contributed by atoms with E-state index in [0.29, 0.717) is 29.8 Å². The van der Waals surface area contributed by atoms with Crippen molar-refractivity contribution in [3.05, 3.63) is 10.6 Å². The van der Waals surface area contributed by atoms with Gasteiger partial charge in [0.15, 0.2) is 0 Å². The van der Waals surface area contributed by atoms with Gasteiger partial charge in [0, 0.05) is 0 Å². The van der Waals surface area contributed by atoms with Crippen LogP contribution in [0.15, 0.2) is 0 Å². The van der Waals surface area contributed by atoms with Gasteiger partial charge in [-0.15, -0.1) is 5.10 Å². The number of carboxylic acids is 1. The molecule has 106 valence electrons. The summed E-state index contributed by atoms with van der Waals surface area (Å²) in [7, 11) is 0. The fourth-order valence-electron chi connectivity index (χ4n) is 1.84. The summed E-state index contributed by atoms with van der Waals surface area (Å²) in [5.41, 5.74) is -0.582. The first-order chi connectivity index (χ1) is 9.00. The van der Waals surface area contributed by atoms with Crippen LogP contribution in [-0.2, 0) is 11.2 Å². The van der Waals surface area contributed by atoms with Crippen LogP contribution >= 0.6 is 11.5 Å². The normalized spacial score (nSPS) is 11.3. The molecule has 0 aliphatic rings. The number of aromatic nitrogens is 2. The molecule has 1 aromatic rings. The van der Waals surface area contributed by atoms with E-state index in [1.54, 1.807) is 13.8 Å². The van der Waals surface area contributed by atoms with Gasteiger partial charge in [-0.3, -0.25) is 4.79 Å². The molecule has 0 bridgehead atoms. The molecule has 0 unspecified atom stereocenters. The third-order valence-electron chi connectivity index (χ3n) is 3.22. The molecule has 0 fully saturated rings. The summed E-state index contributed by atoms with van der Waals surface area (Å²) < 4.78 is 3.77. The molecule has 1 amide bonds. The second-order valence-electron chi connectivity index (χ2n) is 4.35. The number of hydrogen-bond donors (Lipinski definition) is 2. The van der Waals surface area contributed by atoms with Crippen LogP contribution in [0, 0.1) is 0 Å². The predicted octanol–water partition coefficient (Wildman–Crippen LogP) is 1.86. The Hall–Kier alpha value is -1.50. The molecule has 0 atom stereocenters. The first kappa shape index (κ1) is 15.6. The Bertz CT molecular complexity index is 455. The largest absolute Gasteiger partial charge is 0.480 e. The Kier molecular flexibility index (Phi) is 5.41. The van der Waals surface area contributed by atoms with Crippen molar-refractivity contribution in [2.75, 3.05) is 0 Å². The van der Waals surface area contributed by atoms with E-state index >= 15 is 0 Å². The van der Waals surface area contributed by atoms with Gasteiger partial charge in [-0.05, 0) is 30.8 Å². The van der Waals surface area contributed by atoms with Crippen LogP contribution in [-0.4, -0.2) is 32.1 Å². The molecular weight excluding hydrogens is 266 g/mol. The molecule has 6 nitrogen and oxygen atoms in total. The smallest absolute Gasteiger partial charge is 0.329 e. The first-order valence-corrected chi connectivity index (χ1v) is 7.15. The maximum absolute atomic E-state index is 12.2. The number of nitrogens with zero attached hydrogens (tertiary/aromatic N) is 2. The number of carboxylic acid groups (broad SMARTS) is 1. The summed E-state index contributed by atoms with van der Waals surface area (Å²) in [5.74, 6) is -1.41.